The molecule has 3 heterocycles. The number of fused-ring (bicyclic) bond motifs is 2. The molecule has 0 saturated carbocycles. The Hall–Kier alpha value is -3.25. The highest BCUT2D eigenvalue weighted by atomic mass is 32.1. The van der Waals surface area contributed by atoms with Crippen molar-refractivity contribution in [1.29, 1.82) is 0 Å². The lowest BCUT2D eigenvalue weighted by atomic mass is 10.1. The van der Waals surface area contributed by atoms with E-state index in [4.69, 9.17) is 4.74 Å². The predicted molar refractivity (Wildman–Crippen MR) is 107 cm³/mol. The average molecular weight is 373 g/mol. The van der Waals surface area contributed by atoms with Gasteiger partial charge in [0, 0.05) is 11.1 Å². The summed E-state index contributed by atoms with van der Waals surface area (Å²) in [6, 6.07) is 15.8. The van der Waals surface area contributed by atoms with Crippen molar-refractivity contribution in [2.75, 3.05) is 6.61 Å². The van der Waals surface area contributed by atoms with Crippen LogP contribution in [0.1, 0.15) is 11.1 Å². The normalized spacial score (nSPS) is 14.1. The van der Waals surface area contributed by atoms with Crippen molar-refractivity contribution in [2.24, 2.45) is 0 Å². The smallest absolute Gasteiger partial charge is 0.291 e. The fourth-order valence-corrected chi connectivity index (χ4v) is 4.05. The number of aromatic nitrogens is 3. The summed E-state index contributed by atoms with van der Waals surface area (Å²) in [5, 5.41) is 4.41. The Kier molecular flexibility index (Phi) is 3.65. The molecule has 0 saturated heterocycles. The van der Waals surface area contributed by atoms with Crippen molar-refractivity contribution in [2.45, 2.75) is 6.92 Å². The van der Waals surface area contributed by atoms with E-state index in [1.807, 2.05) is 67.6 Å². The number of para-hydroxylation sites is 1. The molecule has 1 aliphatic heterocycles. The first kappa shape index (κ1) is 16.0. The van der Waals surface area contributed by atoms with Crippen molar-refractivity contribution in [1.82, 2.24) is 14.6 Å². The molecule has 5 rings (SSSR count). The van der Waals surface area contributed by atoms with Crippen LogP contribution in [0.2, 0.25) is 0 Å². The van der Waals surface area contributed by atoms with Gasteiger partial charge in [0.15, 0.2) is 5.82 Å². The predicted octanol–water partition coefficient (Wildman–Crippen LogP) is 3.10. The quantitative estimate of drug-likeness (QED) is 0.542. The molecule has 0 spiro atoms. The van der Waals surface area contributed by atoms with Crippen molar-refractivity contribution >= 4 is 28.4 Å². The Morgan fingerprint density at radius 3 is 2.93 bits per heavy atom. The standard InChI is InChI=1S/C21H15N3O2S/c1-13-5-4-7-16(9-13)19-22-21-24(23-19)20(25)18(27-21)11-14-10-15-6-2-3-8-17(15)26-12-14/h2-11H,12H2,1H3/b18-11-. The van der Waals surface area contributed by atoms with Crippen LogP contribution in [0.4, 0.5) is 0 Å². The van der Waals surface area contributed by atoms with E-state index in [1.165, 1.54) is 15.9 Å². The zero-order valence-corrected chi connectivity index (χ0v) is 15.4. The zero-order chi connectivity index (χ0) is 18.4. The van der Waals surface area contributed by atoms with Gasteiger partial charge < -0.3 is 4.74 Å². The van der Waals surface area contributed by atoms with Gasteiger partial charge in [-0.2, -0.15) is 9.50 Å². The molecule has 0 radical (unpaired) electrons. The summed E-state index contributed by atoms with van der Waals surface area (Å²) in [6.07, 6.45) is 3.91. The van der Waals surface area contributed by atoms with Gasteiger partial charge in [-0.05, 0) is 36.8 Å². The number of ether oxygens (including phenoxy) is 1. The molecule has 2 aromatic carbocycles. The maximum absolute atomic E-state index is 12.7. The molecular weight excluding hydrogens is 358 g/mol. The summed E-state index contributed by atoms with van der Waals surface area (Å²) in [5.74, 6) is 1.44. The Bertz CT molecular complexity index is 1320. The van der Waals surface area contributed by atoms with Gasteiger partial charge in [0.05, 0.1) is 4.53 Å². The molecule has 0 N–H and O–H groups in total. The fraction of sp³-hybridized carbons (Fsp3) is 0.0952. The number of rotatable bonds is 2. The van der Waals surface area contributed by atoms with Crippen LogP contribution in [0.5, 0.6) is 5.75 Å². The van der Waals surface area contributed by atoms with Crippen molar-refractivity contribution < 1.29 is 4.74 Å². The highest BCUT2D eigenvalue weighted by Crippen LogP contribution is 2.26. The lowest BCUT2D eigenvalue weighted by Gasteiger charge is -2.15. The van der Waals surface area contributed by atoms with Crippen LogP contribution in [-0.2, 0) is 0 Å². The monoisotopic (exact) mass is 373 g/mol. The second kappa shape index (κ2) is 6.17. The molecule has 132 valence electrons. The molecule has 0 aliphatic carbocycles. The van der Waals surface area contributed by atoms with Crippen LogP contribution in [-0.4, -0.2) is 21.2 Å². The number of benzene rings is 2. The third kappa shape index (κ3) is 2.84. The summed E-state index contributed by atoms with van der Waals surface area (Å²) >= 11 is 1.34. The number of hydrogen-bond acceptors (Lipinski definition) is 5. The van der Waals surface area contributed by atoms with E-state index >= 15 is 0 Å². The number of nitrogens with zero attached hydrogens (tertiary/aromatic N) is 3. The summed E-state index contributed by atoms with van der Waals surface area (Å²) in [6.45, 7) is 2.46. The van der Waals surface area contributed by atoms with Crippen LogP contribution >= 0.6 is 11.3 Å². The van der Waals surface area contributed by atoms with Crippen LogP contribution in [0.25, 0.3) is 28.5 Å². The Balaban J connectivity index is 1.57. The fourth-order valence-electron chi connectivity index (χ4n) is 3.13. The lowest BCUT2D eigenvalue weighted by molar-refractivity contribution is 0.352. The topological polar surface area (TPSA) is 56.5 Å². The third-order valence-corrected chi connectivity index (χ3v) is 5.39. The lowest BCUT2D eigenvalue weighted by Crippen LogP contribution is -2.24. The molecule has 5 nitrogen and oxygen atoms in total. The summed E-state index contributed by atoms with van der Waals surface area (Å²) in [7, 11) is 0. The van der Waals surface area contributed by atoms with E-state index in [0.717, 1.165) is 28.0 Å². The molecule has 1 aliphatic rings. The average Bonchev–Trinajstić information content (AvgIpc) is 3.22. The molecule has 0 bridgehead atoms. The molecule has 6 heteroatoms. The number of hydrogen-bond donors (Lipinski definition) is 0. The van der Waals surface area contributed by atoms with Crippen molar-refractivity contribution in [3.05, 3.63) is 80.1 Å². The summed E-state index contributed by atoms with van der Waals surface area (Å²) < 4.78 is 7.74. The first-order valence-electron chi connectivity index (χ1n) is 8.58. The zero-order valence-electron chi connectivity index (χ0n) is 14.5. The van der Waals surface area contributed by atoms with Crippen LogP contribution in [0.15, 0.2) is 58.9 Å². The molecular formula is C21H15N3O2S. The van der Waals surface area contributed by atoms with Crippen LogP contribution in [0, 0.1) is 6.92 Å². The Morgan fingerprint density at radius 2 is 2.07 bits per heavy atom. The van der Waals surface area contributed by atoms with E-state index in [0.29, 0.717) is 21.9 Å². The van der Waals surface area contributed by atoms with Gasteiger partial charge in [-0.25, -0.2) is 0 Å². The number of aryl methyl sites for hydroxylation is 1. The van der Waals surface area contributed by atoms with Gasteiger partial charge in [-0.3, -0.25) is 4.79 Å². The molecule has 27 heavy (non-hydrogen) atoms. The second-order valence-electron chi connectivity index (χ2n) is 6.46. The molecule has 2 aromatic heterocycles. The minimum atomic E-state index is -0.152. The largest absolute Gasteiger partial charge is 0.488 e. The summed E-state index contributed by atoms with van der Waals surface area (Å²) in [5.41, 5.74) is 3.86. The van der Waals surface area contributed by atoms with E-state index in [9.17, 15) is 4.79 Å². The molecule has 4 aromatic rings. The molecule has 0 unspecified atom stereocenters. The minimum Gasteiger partial charge on any atom is -0.488 e. The van der Waals surface area contributed by atoms with Crippen LogP contribution in [0.3, 0.4) is 0 Å². The highest BCUT2D eigenvalue weighted by molar-refractivity contribution is 7.15. The second-order valence-corrected chi connectivity index (χ2v) is 7.47. The molecule has 0 atom stereocenters. The van der Waals surface area contributed by atoms with Gasteiger partial charge in [0.2, 0.25) is 4.96 Å². The minimum absolute atomic E-state index is 0.152. The highest BCUT2D eigenvalue weighted by Gasteiger charge is 2.14. The maximum Gasteiger partial charge on any atom is 0.291 e. The Labute approximate surface area is 158 Å². The maximum atomic E-state index is 12.7. The molecule has 0 fully saturated rings. The SMILES string of the molecule is Cc1cccc(-c2nc3s/c(=C\C4=Cc5ccccc5OC4)c(=O)n3n2)c1. The first-order valence-corrected chi connectivity index (χ1v) is 9.40. The number of thiazole rings is 1. The first-order chi connectivity index (χ1) is 13.2. The molecule has 0 amide bonds. The van der Waals surface area contributed by atoms with E-state index in [1.54, 1.807) is 0 Å². The van der Waals surface area contributed by atoms with E-state index in [-0.39, 0.29) is 5.56 Å². The van der Waals surface area contributed by atoms with E-state index < -0.39 is 0 Å². The van der Waals surface area contributed by atoms with Crippen molar-refractivity contribution in [3.8, 4) is 17.1 Å². The Morgan fingerprint density at radius 1 is 1.19 bits per heavy atom. The van der Waals surface area contributed by atoms with Gasteiger partial charge >= 0.3 is 0 Å². The van der Waals surface area contributed by atoms with Gasteiger partial charge in [0.1, 0.15) is 12.4 Å². The van der Waals surface area contributed by atoms with Gasteiger partial charge in [0.25, 0.3) is 5.56 Å². The van der Waals surface area contributed by atoms with E-state index in [2.05, 4.69) is 10.1 Å². The van der Waals surface area contributed by atoms with Crippen LogP contribution < -0.4 is 14.8 Å². The third-order valence-electron chi connectivity index (χ3n) is 4.43. The van der Waals surface area contributed by atoms with Gasteiger partial charge in [-0.15, -0.1) is 5.10 Å². The summed E-state index contributed by atoms with van der Waals surface area (Å²) in [4.78, 5) is 17.9. The van der Waals surface area contributed by atoms with Gasteiger partial charge in [-0.1, -0.05) is 53.3 Å². The van der Waals surface area contributed by atoms with Crippen molar-refractivity contribution in [3.63, 3.8) is 0 Å².